The van der Waals surface area contributed by atoms with Gasteiger partial charge in [0.1, 0.15) is 23.0 Å². The molecule has 0 saturated heterocycles. The summed E-state index contributed by atoms with van der Waals surface area (Å²) in [6, 6.07) is 9.17. The Morgan fingerprint density at radius 2 is 2.08 bits per heavy atom. The van der Waals surface area contributed by atoms with E-state index in [4.69, 9.17) is 13.9 Å². The van der Waals surface area contributed by atoms with E-state index in [9.17, 15) is 5.11 Å². The number of hydrogen-bond donors (Lipinski definition) is 3. The van der Waals surface area contributed by atoms with Crippen molar-refractivity contribution < 1.29 is 19.0 Å². The minimum absolute atomic E-state index is 0.353. The zero-order valence-corrected chi connectivity index (χ0v) is 15.1. The first-order chi connectivity index (χ1) is 12.6. The molecule has 0 aliphatic heterocycles. The van der Waals surface area contributed by atoms with Crippen molar-refractivity contribution in [2.75, 3.05) is 20.8 Å². The minimum atomic E-state index is -0.735. The first-order valence-electron chi connectivity index (χ1n) is 8.32. The van der Waals surface area contributed by atoms with Gasteiger partial charge in [0.15, 0.2) is 5.76 Å². The summed E-state index contributed by atoms with van der Waals surface area (Å²) in [6.07, 6.45) is 1.01. The van der Waals surface area contributed by atoms with Crippen LogP contribution in [-0.4, -0.2) is 36.1 Å². The highest BCUT2D eigenvalue weighted by Crippen LogP contribution is 2.29. The highest BCUT2D eigenvalue weighted by Gasteiger charge is 2.16. The number of aryl methyl sites for hydroxylation is 1. The Morgan fingerprint density at radius 1 is 1.23 bits per heavy atom. The Bertz CT molecular complexity index is 856. The van der Waals surface area contributed by atoms with Crippen molar-refractivity contribution in [1.29, 1.82) is 0 Å². The first kappa shape index (κ1) is 18.0. The van der Waals surface area contributed by atoms with Crippen LogP contribution in [0.4, 0.5) is 0 Å². The maximum atomic E-state index is 10.5. The summed E-state index contributed by atoms with van der Waals surface area (Å²) >= 11 is 0. The van der Waals surface area contributed by atoms with Crippen LogP contribution in [0.25, 0.3) is 11.5 Å². The smallest absolute Gasteiger partial charge is 0.152 e. The van der Waals surface area contributed by atoms with Crippen LogP contribution in [-0.2, 0) is 6.54 Å². The van der Waals surface area contributed by atoms with Gasteiger partial charge in [0.2, 0.25) is 0 Å². The second kappa shape index (κ2) is 8.07. The van der Waals surface area contributed by atoms with Crippen molar-refractivity contribution in [2.24, 2.45) is 0 Å². The number of methoxy groups -OCH3 is 2. The number of ether oxygens (including phenoxy) is 2. The molecule has 0 aliphatic carbocycles. The van der Waals surface area contributed by atoms with Gasteiger partial charge >= 0.3 is 0 Å². The molecule has 0 bridgehead atoms. The van der Waals surface area contributed by atoms with Crippen LogP contribution < -0.4 is 14.8 Å². The monoisotopic (exact) mass is 357 g/mol. The standard InChI is InChI=1S/C19H23N3O4/c1-12-4-6-18(26-12)19-13(10-21-22-19)9-20-11-16(23)15-8-14(24-2)5-7-17(15)25-3/h4-8,10,16,20,23H,9,11H2,1-3H3,(H,21,22). The molecule has 26 heavy (non-hydrogen) atoms. The molecule has 2 heterocycles. The van der Waals surface area contributed by atoms with E-state index < -0.39 is 6.10 Å². The highest BCUT2D eigenvalue weighted by molar-refractivity contribution is 5.56. The maximum Gasteiger partial charge on any atom is 0.152 e. The van der Waals surface area contributed by atoms with E-state index in [-0.39, 0.29) is 0 Å². The largest absolute Gasteiger partial charge is 0.497 e. The molecule has 2 aromatic heterocycles. The van der Waals surface area contributed by atoms with Gasteiger partial charge in [-0.05, 0) is 37.3 Å². The fraction of sp³-hybridized carbons (Fsp3) is 0.316. The first-order valence-corrected chi connectivity index (χ1v) is 8.32. The third kappa shape index (κ3) is 3.89. The van der Waals surface area contributed by atoms with E-state index in [2.05, 4.69) is 15.5 Å². The number of H-pyrrole nitrogens is 1. The molecule has 0 aliphatic rings. The lowest BCUT2D eigenvalue weighted by atomic mass is 10.1. The van der Waals surface area contributed by atoms with Gasteiger partial charge in [-0.15, -0.1) is 0 Å². The third-order valence-electron chi connectivity index (χ3n) is 4.15. The summed E-state index contributed by atoms with van der Waals surface area (Å²) in [5, 5.41) is 20.8. The predicted molar refractivity (Wildman–Crippen MR) is 97.2 cm³/mol. The number of aromatic amines is 1. The quantitative estimate of drug-likeness (QED) is 0.574. The average Bonchev–Trinajstić information content (AvgIpc) is 3.29. The Morgan fingerprint density at radius 3 is 2.77 bits per heavy atom. The van der Waals surface area contributed by atoms with Gasteiger partial charge in [0.25, 0.3) is 0 Å². The molecular weight excluding hydrogens is 334 g/mol. The number of hydrogen-bond acceptors (Lipinski definition) is 6. The Balaban J connectivity index is 1.65. The molecule has 7 nitrogen and oxygen atoms in total. The van der Waals surface area contributed by atoms with Crippen molar-refractivity contribution in [3.8, 4) is 23.0 Å². The lowest BCUT2D eigenvalue weighted by molar-refractivity contribution is 0.169. The Kier molecular flexibility index (Phi) is 5.60. The number of furan rings is 1. The molecule has 0 radical (unpaired) electrons. The zero-order chi connectivity index (χ0) is 18.5. The van der Waals surface area contributed by atoms with E-state index in [1.165, 1.54) is 0 Å². The van der Waals surface area contributed by atoms with Crippen LogP contribution in [0.1, 0.15) is 23.0 Å². The zero-order valence-electron chi connectivity index (χ0n) is 15.1. The predicted octanol–water partition coefficient (Wildman–Crippen LogP) is 2.82. The van der Waals surface area contributed by atoms with Gasteiger partial charge in [-0.1, -0.05) is 0 Å². The van der Waals surface area contributed by atoms with Crippen molar-refractivity contribution in [3.63, 3.8) is 0 Å². The number of aromatic nitrogens is 2. The molecule has 3 aromatic rings. The molecule has 0 spiro atoms. The van der Waals surface area contributed by atoms with Crippen molar-refractivity contribution >= 4 is 0 Å². The number of aliphatic hydroxyl groups excluding tert-OH is 1. The lowest BCUT2D eigenvalue weighted by Crippen LogP contribution is -2.21. The molecular formula is C19H23N3O4. The van der Waals surface area contributed by atoms with Crippen LogP contribution in [0.2, 0.25) is 0 Å². The van der Waals surface area contributed by atoms with Gasteiger partial charge in [0.05, 0.1) is 26.5 Å². The fourth-order valence-corrected chi connectivity index (χ4v) is 2.78. The fourth-order valence-electron chi connectivity index (χ4n) is 2.78. The van der Waals surface area contributed by atoms with Gasteiger partial charge in [-0.3, -0.25) is 5.10 Å². The molecule has 1 unspecified atom stereocenters. The minimum Gasteiger partial charge on any atom is -0.497 e. The summed E-state index contributed by atoms with van der Waals surface area (Å²) in [4.78, 5) is 0. The van der Waals surface area contributed by atoms with E-state index in [1.807, 2.05) is 19.1 Å². The Labute approximate surface area is 151 Å². The van der Waals surface area contributed by atoms with Gasteiger partial charge in [0, 0.05) is 24.2 Å². The second-order valence-corrected chi connectivity index (χ2v) is 5.94. The number of rotatable bonds is 8. The summed E-state index contributed by atoms with van der Waals surface area (Å²) in [7, 11) is 3.17. The SMILES string of the molecule is COc1ccc(OC)c(C(O)CNCc2cn[nH]c2-c2ccc(C)o2)c1. The third-order valence-corrected chi connectivity index (χ3v) is 4.15. The molecule has 1 atom stereocenters. The van der Waals surface area contributed by atoms with Crippen LogP contribution in [0.3, 0.4) is 0 Å². The second-order valence-electron chi connectivity index (χ2n) is 5.94. The van der Waals surface area contributed by atoms with Crippen LogP contribution in [0.5, 0.6) is 11.5 Å². The highest BCUT2D eigenvalue weighted by atomic mass is 16.5. The number of nitrogens with one attached hydrogen (secondary N) is 2. The topological polar surface area (TPSA) is 92.5 Å². The number of aliphatic hydroxyl groups is 1. The van der Waals surface area contributed by atoms with Crippen LogP contribution >= 0.6 is 0 Å². The van der Waals surface area contributed by atoms with Gasteiger partial charge in [-0.25, -0.2) is 0 Å². The summed E-state index contributed by atoms with van der Waals surface area (Å²) in [5.74, 6) is 2.88. The van der Waals surface area contributed by atoms with Crippen molar-refractivity contribution in [2.45, 2.75) is 19.6 Å². The summed E-state index contributed by atoms with van der Waals surface area (Å²) in [5.41, 5.74) is 2.47. The van der Waals surface area contributed by atoms with E-state index in [0.29, 0.717) is 30.2 Å². The Hall–Kier alpha value is -2.77. The molecule has 7 heteroatoms. The van der Waals surface area contributed by atoms with Gasteiger partial charge in [-0.2, -0.15) is 5.10 Å². The number of nitrogens with zero attached hydrogens (tertiary/aromatic N) is 1. The summed E-state index contributed by atoms with van der Waals surface area (Å²) in [6.45, 7) is 2.79. The molecule has 0 amide bonds. The molecule has 1 aromatic carbocycles. The average molecular weight is 357 g/mol. The van der Waals surface area contributed by atoms with Crippen LogP contribution in [0, 0.1) is 6.92 Å². The normalized spacial score (nSPS) is 12.2. The molecule has 138 valence electrons. The van der Waals surface area contributed by atoms with Crippen molar-refractivity contribution in [3.05, 3.63) is 53.4 Å². The molecule has 3 rings (SSSR count). The number of benzene rings is 1. The molecule has 3 N–H and O–H groups in total. The van der Waals surface area contributed by atoms with Gasteiger partial charge < -0.3 is 24.3 Å². The maximum absolute atomic E-state index is 10.5. The van der Waals surface area contributed by atoms with Crippen molar-refractivity contribution in [1.82, 2.24) is 15.5 Å². The lowest BCUT2D eigenvalue weighted by Gasteiger charge is -2.16. The van der Waals surface area contributed by atoms with E-state index in [0.717, 1.165) is 22.8 Å². The molecule has 0 saturated carbocycles. The molecule has 0 fully saturated rings. The van der Waals surface area contributed by atoms with Crippen LogP contribution in [0.15, 0.2) is 40.9 Å². The van der Waals surface area contributed by atoms with E-state index >= 15 is 0 Å². The summed E-state index contributed by atoms with van der Waals surface area (Å²) < 4.78 is 16.2. The van der Waals surface area contributed by atoms with E-state index in [1.54, 1.807) is 38.6 Å².